The highest BCUT2D eigenvalue weighted by atomic mass is 32.2. The number of benzene rings is 1. The van der Waals surface area contributed by atoms with Gasteiger partial charge >= 0.3 is 5.97 Å². The lowest BCUT2D eigenvalue weighted by Crippen LogP contribution is -2.47. The second kappa shape index (κ2) is 7.11. The van der Waals surface area contributed by atoms with Crippen LogP contribution in [0.2, 0.25) is 0 Å². The summed E-state index contributed by atoms with van der Waals surface area (Å²) in [6.07, 6.45) is 0. The number of aromatic hydroxyl groups is 2. The molecule has 0 fully saturated rings. The number of nitrogens with one attached hydrogen (secondary N) is 1. The molecule has 8 nitrogen and oxygen atoms in total. The van der Waals surface area contributed by atoms with Crippen molar-refractivity contribution in [2.75, 3.05) is 0 Å². The lowest BCUT2D eigenvalue weighted by atomic mass is 10.1. The molecule has 0 saturated carbocycles. The number of rotatable bonds is 6. The van der Waals surface area contributed by atoms with Gasteiger partial charge < -0.3 is 15.1 Å². The average Bonchev–Trinajstić information content (AvgIpc) is 2.84. The molecule has 0 aliphatic rings. The van der Waals surface area contributed by atoms with Crippen LogP contribution in [0.3, 0.4) is 0 Å². The van der Waals surface area contributed by atoms with Crippen LogP contribution in [0.15, 0.2) is 41.3 Å². The minimum absolute atomic E-state index is 0.223. The fraction of sp³-hybridized carbons (Fsp3) is 0.267. The molecule has 0 bridgehead atoms. The first-order chi connectivity index (χ1) is 11.6. The predicted octanol–water partition coefficient (Wildman–Crippen LogP) is 0.997. The molecule has 0 aliphatic heterocycles. The molecule has 2 rings (SSSR count). The van der Waals surface area contributed by atoms with Crippen molar-refractivity contribution >= 4 is 16.0 Å². The molecule has 1 atom stereocenters. The van der Waals surface area contributed by atoms with E-state index in [2.05, 4.69) is 4.72 Å². The largest absolute Gasteiger partial charge is 0.492 e. The van der Waals surface area contributed by atoms with Gasteiger partial charge in [0.1, 0.15) is 11.9 Å². The van der Waals surface area contributed by atoms with Crippen LogP contribution in [-0.4, -0.2) is 35.4 Å². The van der Waals surface area contributed by atoms with Crippen molar-refractivity contribution in [2.45, 2.75) is 24.8 Å². The quantitative estimate of drug-likeness (QED) is 0.696. The number of carbonyl (C=O) groups is 1. The second-order valence-corrected chi connectivity index (χ2v) is 7.27. The smallest absolute Gasteiger partial charge is 0.351 e. The first-order valence-corrected chi connectivity index (χ1v) is 8.70. The highest BCUT2D eigenvalue weighted by Gasteiger charge is 2.31. The van der Waals surface area contributed by atoms with Crippen molar-refractivity contribution in [3.8, 4) is 11.8 Å². The molecule has 136 valence electrons. The van der Waals surface area contributed by atoms with Gasteiger partial charge in [0.25, 0.3) is 0 Å². The van der Waals surface area contributed by atoms with E-state index in [4.69, 9.17) is 4.84 Å². The summed E-state index contributed by atoms with van der Waals surface area (Å²) in [5.74, 6) is -3.22. The van der Waals surface area contributed by atoms with E-state index < -0.39 is 45.5 Å². The first kappa shape index (κ1) is 18.7. The molecule has 0 spiro atoms. The maximum absolute atomic E-state index is 12.9. The number of halogens is 1. The number of sulfonamides is 1. The normalized spacial score (nSPS) is 13.0. The second-order valence-electron chi connectivity index (χ2n) is 5.55. The van der Waals surface area contributed by atoms with Crippen LogP contribution < -0.4 is 9.56 Å². The predicted molar refractivity (Wildman–Crippen MR) is 84.7 cm³/mol. The van der Waals surface area contributed by atoms with Crippen LogP contribution >= 0.6 is 0 Å². The zero-order valence-electron chi connectivity index (χ0n) is 13.4. The Morgan fingerprint density at radius 3 is 2.12 bits per heavy atom. The van der Waals surface area contributed by atoms with E-state index in [1.165, 1.54) is 0 Å². The lowest BCUT2D eigenvalue weighted by Gasteiger charge is -2.20. The molecule has 0 aliphatic carbocycles. The van der Waals surface area contributed by atoms with Gasteiger partial charge in [0, 0.05) is 12.1 Å². The maximum atomic E-state index is 12.9. The molecule has 0 radical (unpaired) electrons. The maximum Gasteiger partial charge on any atom is 0.351 e. The summed E-state index contributed by atoms with van der Waals surface area (Å²) in [7, 11) is -4.12. The van der Waals surface area contributed by atoms with E-state index in [1.807, 2.05) is 0 Å². The monoisotopic (exact) mass is 372 g/mol. The van der Waals surface area contributed by atoms with Crippen LogP contribution in [0.4, 0.5) is 4.39 Å². The van der Waals surface area contributed by atoms with Crippen LogP contribution in [-0.2, 0) is 14.8 Å². The fourth-order valence-electron chi connectivity index (χ4n) is 1.95. The molecule has 3 N–H and O–H groups in total. The van der Waals surface area contributed by atoms with Crippen LogP contribution in [0.25, 0.3) is 0 Å². The van der Waals surface area contributed by atoms with E-state index in [0.717, 1.165) is 36.4 Å². The number of carbonyl (C=O) groups excluding carboxylic acids is 1. The van der Waals surface area contributed by atoms with E-state index >= 15 is 0 Å². The third-order valence-electron chi connectivity index (χ3n) is 3.31. The van der Waals surface area contributed by atoms with Crippen LogP contribution in [0.1, 0.15) is 13.8 Å². The van der Waals surface area contributed by atoms with E-state index in [1.54, 1.807) is 13.8 Å². The van der Waals surface area contributed by atoms with Gasteiger partial charge in [0.05, 0.1) is 4.90 Å². The summed E-state index contributed by atoms with van der Waals surface area (Å²) in [4.78, 5) is 16.9. The van der Waals surface area contributed by atoms with Gasteiger partial charge in [0.15, 0.2) is 0 Å². The summed E-state index contributed by atoms with van der Waals surface area (Å²) in [6.45, 7) is 3.16. The van der Waals surface area contributed by atoms with E-state index in [0.29, 0.717) is 4.73 Å². The van der Waals surface area contributed by atoms with E-state index in [-0.39, 0.29) is 4.90 Å². The van der Waals surface area contributed by atoms with Crippen molar-refractivity contribution in [2.24, 2.45) is 5.92 Å². The lowest BCUT2D eigenvalue weighted by molar-refractivity contribution is -0.148. The molecule has 2 aromatic rings. The SMILES string of the molecule is CC(C)[C@@H](NS(=O)(=O)c1ccc(F)cc1)C(=O)On1c(O)ccc1O. The number of hydrogen-bond donors (Lipinski definition) is 3. The number of hydrogen-bond acceptors (Lipinski definition) is 6. The average molecular weight is 372 g/mol. The zero-order valence-corrected chi connectivity index (χ0v) is 14.2. The molecule has 1 aromatic heterocycles. The topological polar surface area (TPSA) is 118 Å². The highest BCUT2D eigenvalue weighted by molar-refractivity contribution is 7.89. The summed E-state index contributed by atoms with van der Waals surface area (Å²) in [5, 5.41) is 19.0. The minimum atomic E-state index is -4.12. The van der Waals surface area contributed by atoms with Crippen LogP contribution in [0, 0.1) is 11.7 Å². The third kappa shape index (κ3) is 4.28. The van der Waals surface area contributed by atoms with Gasteiger partial charge in [-0.1, -0.05) is 13.8 Å². The van der Waals surface area contributed by atoms with Crippen molar-refractivity contribution in [3.63, 3.8) is 0 Å². The van der Waals surface area contributed by atoms with Crippen molar-refractivity contribution in [1.29, 1.82) is 0 Å². The number of nitrogens with zero attached hydrogens (tertiary/aromatic N) is 1. The minimum Gasteiger partial charge on any atom is -0.492 e. The van der Waals surface area contributed by atoms with Crippen molar-refractivity contribution < 1.29 is 32.7 Å². The molecular weight excluding hydrogens is 355 g/mol. The van der Waals surface area contributed by atoms with Gasteiger partial charge in [-0.05, 0) is 30.2 Å². The number of aromatic nitrogens is 1. The van der Waals surface area contributed by atoms with Gasteiger partial charge in [-0.25, -0.2) is 17.6 Å². The fourth-order valence-corrected chi connectivity index (χ4v) is 3.28. The Hall–Kier alpha value is -2.59. The summed E-state index contributed by atoms with van der Waals surface area (Å²) >= 11 is 0. The molecule has 1 aromatic carbocycles. The standard InChI is InChI=1S/C15H17FN2O6S/c1-9(2)14(15(21)24-18-12(19)7-8-13(18)20)17-25(22,23)11-5-3-10(16)4-6-11/h3-9,14,17,19-20H,1-2H3/t14-/m1/s1. The van der Waals surface area contributed by atoms with E-state index in [9.17, 15) is 27.8 Å². The first-order valence-electron chi connectivity index (χ1n) is 7.21. The Balaban J connectivity index is 2.23. The summed E-state index contributed by atoms with van der Waals surface area (Å²) in [5.41, 5.74) is 0. The van der Waals surface area contributed by atoms with Crippen molar-refractivity contribution in [1.82, 2.24) is 9.45 Å². The van der Waals surface area contributed by atoms with Gasteiger partial charge in [0.2, 0.25) is 21.8 Å². The van der Waals surface area contributed by atoms with Crippen molar-refractivity contribution in [3.05, 3.63) is 42.2 Å². The van der Waals surface area contributed by atoms with Gasteiger partial charge in [-0.2, -0.15) is 4.72 Å². The molecule has 25 heavy (non-hydrogen) atoms. The molecular formula is C15H17FN2O6S. The zero-order chi connectivity index (χ0) is 18.8. The molecule has 1 heterocycles. The third-order valence-corrected chi connectivity index (χ3v) is 4.76. The molecule has 0 saturated heterocycles. The Bertz CT molecular complexity index is 841. The molecule has 10 heteroatoms. The van der Waals surface area contributed by atoms with Crippen LogP contribution in [0.5, 0.6) is 11.8 Å². The summed E-state index contributed by atoms with van der Waals surface area (Å²) < 4.78 is 40.3. The Morgan fingerprint density at radius 1 is 1.12 bits per heavy atom. The van der Waals surface area contributed by atoms with Gasteiger partial charge in [-0.15, -0.1) is 4.73 Å². The molecule has 0 amide bonds. The Labute approximate surface area is 143 Å². The molecule has 0 unspecified atom stereocenters. The Kier molecular flexibility index (Phi) is 5.33. The highest BCUT2D eigenvalue weighted by Crippen LogP contribution is 2.20. The summed E-state index contributed by atoms with van der Waals surface area (Å²) in [6, 6.07) is 4.95. The Morgan fingerprint density at radius 2 is 1.64 bits per heavy atom. The van der Waals surface area contributed by atoms with Gasteiger partial charge in [-0.3, -0.25) is 0 Å².